The fourth-order valence-electron chi connectivity index (χ4n) is 2.93. The Labute approximate surface area is 146 Å². The van der Waals surface area contributed by atoms with E-state index in [0.29, 0.717) is 18.1 Å². The van der Waals surface area contributed by atoms with Crippen LogP contribution in [0.1, 0.15) is 18.3 Å². The van der Waals surface area contributed by atoms with Gasteiger partial charge in [-0.2, -0.15) is 5.10 Å². The third-order valence-corrected chi connectivity index (χ3v) is 4.94. The van der Waals surface area contributed by atoms with Gasteiger partial charge in [0, 0.05) is 31.4 Å². The van der Waals surface area contributed by atoms with Gasteiger partial charge in [-0.1, -0.05) is 17.7 Å². The van der Waals surface area contributed by atoms with E-state index in [-0.39, 0.29) is 11.9 Å². The van der Waals surface area contributed by atoms with E-state index in [0.717, 1.165) is 29.4 Å². The minimum absolute atomic E-state index is 0.0675. The third-order valence-electron chi connectivity index (χ3n) is 4.44. The number of hydrogen-bond acceptors (Lipinski definition) is 4. The van der Waals surface area contributed by atoms with Crippen molar-refractivity contribution in [1.29, 1.82) is 0 Å². The van der Waals surface area contributed by atoms with Crippen LogP contribution in [0.25, 0.3) is 0 Å². The molecule has 1 aliphatic rings. The van der Waals surface area contributed by atoms with Gasteiger partial charge in [-0.15, -0.1) is 0 Å². The Morgan fingerprint density at radius 2 is 2.21 bits per heavy atom. The number of aryl methyl sites for hydroxylation is 1. The molecule has 2 heterocycles. The molecule has 0 radical (unpaired) electrons. The molecule has 1 amide bonds. The van der Waals surface area contributed by atoms with Gasteiger partial charge in [-0.25, -0.2) is 0 Å². The van der Waals surface area contributed by atoms with E-state index in [9.17, 15) is 4.79 Å². The van der Waals surface area contributed by atoms with Crippen molar-refractivity contribution in [3.63, 3.8) is 0 Å². The number of rotatable bonds is 4. The van der Waals surface area contributed by atoms with Gasteiger partial charge in [0.15, 0.2) is 0 Å². The summed E-state index contributed by atoms with van der Waals surface area (Å²) < 4.78 is 5.25. The summed E-state index contributed by atoms with van der Waals surface area (Å²) in [6.45, 7) is 5.74. The van der Waals surface area contributed by atoms with Crippen LogP contribution in [0.5, 0.6) is 5.75 Å². The quantitative estimate of drug-likeness (QED) is 0.922. The molecule has 2 aromatic rings. The van der Waals surface area contributed by atoms with Crippen molar-refractivity contribution < 1.29 is 9.53 Å². The molecule has 7 heteroatoms. The highest BCUT2D eigenvalue weighted by Crippen LogP contribution is 2.26. The van der Waals surface area contributed by atoms with Gasteiger partial charge in [-0.3, -0.25) is 14.8 Å². The Bertz CT molecular complexity index is 746. The molecule has 24 heavy (non-hydrogen) atoms. The zero-order valence-corrected chi connectivity index (χ0v) is 14.8. The van der Waals surface area contributed by atoms with E-state index in [1.807, 2.05) is 38.1 Å². The van der Waals surface area contributed by atoms with Gasteiger partial charge in [0.1, 0.15) is 5.75 Å². The van der Waals surface area contributed by atoms with E-state index in [1.54, 1.807) is 12.0 Å². The monoisotopic (exact) mass is 348 g/mol. The van der Waals surface area contributed by atoms with E-state index in [2.05, 4.69) is 15.1 Å². The maximum Gasteiger partial charge on any atom is 0.244 e. The molecular formula is C17H21ClN4O2. The first-order valence-corrected chi connectivity index (χ1v) is 8.28. The number of nitrogens with zero attached hydrogens (tertiary/aromatic N) is 3. The predicted molar refractivity (Wildman–Crippen MR) is 93.6 cm³/mol. The number of nitrogens with one attached hydrogen (secondary N) is 1. The normalized spacial score (nSPS) is 18.9. The predicted octanol–water partition coefficient (Wildman–Crippen LogP) is 2.62. The van der Waals surface area contributed by atoms with E-state index in [1.165, 1.54) is 0 Å². The minimum atomic E-state index is -0.238. The summed E-state index contributed by atoms with van der Waals surface area (Å²) in [6.07, 6.45) is 0. The molecule has 1 aliphatic heterocycles. The third kappa shape index (κ3) is 3.12. The molecule has 0 spiro atoms. The van der Waals surface area contributed by atoms with Crippen molar-refractivity contribution in [3.05, 3.63) is 40.7 Å². The summed E-state index contributed by atoms with van der Waals surface area (Å²) in [5.41, 5.74) is 2.49. The number of piperazine rings is 1. The highest BCUT2D eigenvalue weighted by Gasteiger charge is 2.33. The molecule has 1 fully saturated rings. The number of benzene rings is 1. The van der Waals surface area contributed by atoms with Gasteiger partial charge in [-0.05, 0) is 26.0 Å². The Kier molecular flexibility index (Phi) is 4.78. The number of ether oxygens (including phenoxy) is 1. The molecule has 0 aliphatic carbocycles. The number of amides is 1. The number of halogens is 1. The second-order valence-electron chi connectivity index (χ2n) is 5.95. The summed E-state index contributed by atoms with van der Waals surface area (Å²) in [5, 5.41) is 7.75. The lowest BCUT2D eigenvalue weighted by Gasteiger charge is -2.38. The number of methoxy groups -OCH3 is 1. The summed E-state index contributed by atoms with van der Waals surface area (Å²) in [4.78, 5) is 16.7. The van der Waals surface area contributed by atoms with Crippen molar-refractivity contribution in [1.82, 2.24) is 15.1 Å². The summed E-state index contributed by atoms with van der Waals surface area (Å²) in [6, 6.07) is 7.34. The lowest BCUT2D eigenvalue weighted by atomic mass is 10.1. The highest BCUT2D eigenvalue weighted by atomic mass is 35.5. The minimum Gasteiger partial charge on any atom is -0.497 e. The van der Waals surface area contributed by atoms with Crippen molar-refractivity contribution in [2.75, 3.05) is 25.1 Å². The summed E-state index contributed by atoms with van der Waals surface area (Å²) in [7, 11) is 1.62. The molecule has 128 valence electrons. The molecule has 1 atom stereocenters. The van der Waals surface area contributed by atoms with E-state index >= 15 is 0 Å². The number of H-pyrrole nitrogens is 1. The average Bonchev–Trinajstić information content (AvgIpc) is 2.91. The van der Waals surface area contributed by atoms with E-state index in [4.69, 9.17) is 16.3 Å². The van der Waals surface area contributed by atoms with Crippen LogP contribution >= 0.6 is 11.6 Å². The van der Waals surface area contributed by atoms with Crippen molar-refractivity contribution in [2.24, 2.45) is 0 Å². The lowest BCUT2D eigenvalue weighted by molar-refractivity contribution is -0.125. The maximum atomic E-state index is 12.8. The first-order chi connectivity index (χ1) is 11.5. The number of aromatic nitrogens is 2. The van der Waals surface area contributed by atoms with Crippen LogP contribution in [0, 0.1) is 6.92 Å². The number of carbonyl (C=O) groups excluding carboxylic acids is 1. The van der Waals surface area contributed by atoms with Crippen molar-refractivity contribution >= 4 is 23.2 Å². The fourth-order valence-corrected chi connectivity index (χ4v) is 3.07. The number of hydrogen-bond donors (Lipinski definition) is 1. The first kappa shape index (κ1) is 16.8. The Balaban J connectivity index is 1.74. The number of carbonyl (C=O) groups is 1. The first-order valence-electron chi connectivity index (χ1n) is 7.90. The standard InChI is InChI=1S/C17H21ClN4O2/c1-11-16(18)15(20-19-11)10-21-7-8-22(17(23)12(21)2)13-5-4-6-14(9-13)24-3/h4-6,9,12H,7-8,10H2,1-3H3,(H,19,20)/t12-/m1/s1. The van der Waals surface area contributed by atoms with Crippen LogP contribution in [0.2, 0.25) is 5.02 Å². The average molecular weight is 349 g/mol. The number of anilines is 1. The van der Waals surface area contributed by atoms with Crippen molar-refractivity contribution in [2.45, 2.75) is 26.4 Å². The van der Waals surface area contributed by atoms with Crippen molar-refractivity contribution in [3.8, 4) is 5.75 Å². The molecule has 1 N–H and O–H groups in total. The largest absolute Gasteiger partial charge is 0.497 e. The SMILES string of the molecule is COc1cccc(N2CCN(Cc3n[nH]c(C)c3Cl)[C@H](C)C2=O)c1. The molecule has 0 saturated carbocycles. The Morgan fingerprint density at radius 1 is 1.42 bits per heavy atom. The maximum absolute atomic E-state index is 12.8. The smallest absolute Gasteiger partial charge is 0.244 e. The van der Waals surface area contributed by atoms with Crippen LogP contribution in [-0.2, 0) is 11.3 Å². The zero-order valence-electron chi connectivity index (χ0n) is 14.0. The molecule has 3 rings (SSSR count). The molecule has 0 bridgehead atoms. The summed E-state index contributed by atoms with van der Waals surface area (Å²) in [5.74, 6) is 0.812. The fraction of sp³-hybridized carbons (Fsp3) is 0.412. The van der Waals surface area contributed by atoms with Crippen LogP contribution in [0.15, 0.2) is 24.3 Å². The molecule has 1 saturated heterocycles. The van der Waals surface area contributed by atoms with Gasteiger partial charge in [0.05, 0.1) is 29.6 Å². The van der Waals surface area contributed by atoms with Gasteiger partial charge in [0.2, 0.25) is 5.91 Å². The second-order valence-corrected chi connectivity index (χ2v) is 6.33. The Hall–Kier alpha value is -2.05. The van der Waals surface area contributed by atoms with E-state index < -0.39 is 0 Å². The van der Waals surface area contributed by atoms with Crippen LogP contribution in [0.4, 0.5) is 5.69 Å². The lowest BCUT2D eigenvalue weighted by Crippen LogP contribution is -2.55. The molecule has 1 aromatic heterocycles. The highest BCUT2D eigenvalue weighted by molar-refractivity contribution is 6.31. The molecule has 6 nitrogen and oxygen atoms in total. The molecular weight excluding hydrogens is 328 g/mol. The van der Waals surface area contributed by atoms with Gasteiger partial charge in [0.25, 0.3) is 0 Å². The second kappa shape index (κ2) is 6.83. The van der Waals surface area contributed by atoms with Crippen LogP contribution in [-0.4, -0.2) is 47.2 Å². The summed E-state index contributed by atoms with van der Waals surface area (Å²) >= 11 is 6.24. The molecule has 1 aromatic carbocycles. The Morgan fingerprint density at radius 3 is 2.88 bits per heavy atom. The van der Waals surface area contributed by atoms with Gasteiger partial charge < -0.3 is 9.64 Å². The topological polar surface area (TPSA) is 61.5 Å². The molecule has 0 unspecified atom stereocenters. The van der Waals surface area contributed by atoms with Crippen LogP contribution < -0.4 is 9.64 Å². The van der Waals surface area contributed by atoms with Crippen LogP contribution in [0.3, 0.4) is 0 Å². The van der Waals surface area contributed by atoms with Gasteiger partial charge >= 0.3 is 0 Å². The zero-order chi connectivity index (χ0) is 17.3. The number of aromatic amines is 1.